The lowest BCUT2D eigenvalue weighted by atomic mass is 10.0. The molecule has 5 aromatic rings. The highest BCUT2D eigenvalue weighted by Crippen LogP contribution is 2.44. The molecule has 0 saturated heterocycles. The van der Waals surface area contributed by atoms with Gasteiger partial charge in [0.15, 0.2) is 0 Å². The van der Waals surface area contributed by atoms with Gasteiger partial charge in [0.1, 0.15) is 11.3 Å². The molecule has 1 aliphatic heterocycles. The summed E-state index contributed by atoms with van der Waals surface area (Å²) in [6.07, 6.45) is 1.95. The number of anilines is 2. The Morgan fingerprint density at radius 3 is 2.48 bits per heavy atom. The van der Waals surface area contributed by atoms with Gasteiger partial charge in [-0.1, -0.05) is 60.3 Å². The van der Waals surface area contributed by atoms with E-state index >= 15 is 0 Å². The SMILES string of the molecule is O=C(c1ccc2c(c1)Nc1ccccc1S2)c1nc2ccccn2c1-c1ccccc1. The Morgan fingerprint density at radius 2 is 1.58 bits per heavy atom. The third-order valence-corrected chi connectivity index (χ3v) is 6.56. The zero-order valence-corrected chi connectivity index (χ0v) is 17.3. The van der Waals surface area contributed by atoms with E-state index in [1.165, 1.54) is 4.90 Å². The molecule has 31 heavy (non-hydrogen) atoms. The maximum absolute atomic E-state index is 13.6. The normalized spacial score (nSPS) is 12.1. The van der Waals surface area contributed by atoms with Gasteiger partial charge in [-0.25, -0.2) is 4.98 Å². The van der Waals surface area contributed by atoms with Gasteiger partial charge in [0.05, 0.1) is 17.1 Å². The van der Waals surface area contributed by atoms with E-state index in [4.69, 9.17) is 4.98 Å². The molecule has 3 heterocycles. The van der Waals surface area contributed by atoms with Crippen molar-refractivity contribution in [2.24, 2.45) is 0 Å². The first-order valence-corrected chi connectivity index (χ1v) is 10.8. The van der Waals surface area contributed by atoms with Gasteiger partial charge >= 0.3 is 0 Å². The van der Waals surface area contributed by atoms with Crippen LogP contribution in [-0.2, 0) is 0 Å². The molecule has 5 heteroatoms. The Labute approximate surface area is 183 Å². The van der Waals surface area contributed by atoms with Crippen molar-refractivity contribution < 1.29 is 4.79 Å². The van der Waals surface area contributed by atoms with Crippen molar-refractivity contribution in [1.29, 1.82) is 0 Å². The highest BCUT2D eigenvalue weighted by molar-refractivity contribution is 7.99. The second kappa shape index (κ2) is 7.15. The maximum atomic E-state index is 13.6. The zero-order chi connectivity index (χ0) is 20.8. The van der Waals surface area contributed by atoms with Crippen LogP contribution in [0.5, 0.6) is 0 Å². The first kappa shape index (κ1) is 18.0. The smallest absolute Gasteiger partial charge is 0.213 e. The first-order chi connectivity index (χ1) is 15.3. The molecule has 4 nitrogen and oxygen atoms in total. The molecule has 6 rings (SSSR count). The van der Waals surface area contributed by atoms with Crippen molar-refractivity contribution >= 4 is 34.6 Å². The lowest BCUT2D eigenvalue weighted by molar-refractivity contribution is 0.103. The number of ketones is 1. The van der Waals surface area contributed by atoms with Crippen molar-refractivity contribution in [2.45, 2.75) is 9.79 Å². The van der Waals surface area contributed by atoms with E-state index in [0.29, 0.717) is 11.3 Å². The van der Waals surface area contributed by atoms with Crippen molar-refractivity contribution in [3.63, 3.8) is 0 Å². The summed E-state index contributed by atoms with van der Waals surface area (Å²) in [6.45, 7) is 0. The predicted molar refractivity (Wildman–Crippen MR) is 124 cm³/mol. The molecule has 0 saturated carbocycles. The number of imidazole rings is 1. The number of hydrogen-bond donors (Lipinski definition) is 1. The van der Waals surface area contributed by atoms with Crippen LogP contribution < -0.4 is 5.32 Å². The van der Waals surface area contributed by atoms with E-state index in [1.54, 1.807) is 11.8 Å². The molecule has 0 aliphatic carbocycles. The molecule has 0 atom stereocenters. The highest BCUT2D eigenvalue weighted by atomic mass is 32.2. The number of hydrogen-bond acceptors (Lipinski definition) is 4. The summed E-state index contributed by atoms with van der Waals surface area (Å²) in [6, 6.07) is 29.8. The summed E-state index contributed by atoms with van der Waals surface area (Å²) in [5.74, 6) is -0.0870. The Hall–Kier alpha value is -3.83. The van der Waals surface area contributed by atoms with Crippen LogP contribution in [0.2, 0.25) is 0 Å². The summed E-state index contributed by atoms with van der Waals surface area (Å²) in [5, 5.41) is 3.46. The van der Waals surface area contributed by atoms with E-state index in [2.05, 4.69) is 17.4 Å². The van der Waals surface area contributed by atoms with Crippen molar-refractivity contribution in [3.8, 4) is 11.3 Å². The average molecular weight is 420 g/mol. The maximum Gasteiger partial charge on any atom is 0.213 e. The number of carbonyl (C=O) groups is 1. The van der Waals surface area contributed by atoms with Crippen LogP contribution in [0, 0.1) is 0 Å². The molecule has 1 aliphatic rings. The van der Waals surface area contributed by atoms with Crippen molar-refractivity contribution in [3.05, 3.63) is 108 Å². The Morgan fingerprint density at radius 1 is 0.806 bits per heavy atom. The van der Waals surface area contributed by atoms with E-state index < -0.39 is 0 Å². The van der Waals surface area contributed by atoms with E-state index in [-0.39, 0.29) is 5.78 Å². The second-order valence-corrected chi connectivity index (χ2v) is 8.45. The van der Waals surface area contributed by atoms with Crippen LogP contribution in [0.25, 0.3) is 16.9 Å². The summed E-state index contributed by atoms with van der Waals surface area (Å²) in [5.41, 5.74) is 5.61. The topological polar surface area (TPSA) is 46.4 Å². The van der Waals surface area contributed by atoms with Gasteiger partial charge in [-0.05, 0) is 42.5 Å². The quantitative estimate of drug-likeness (QED) is 0.335. The lowest BCUT2D eigenvalue weighted by Gasteiger charge is -2.21. The van der Waals surface area contributed by atoms with Crippen LogP contribution >= 0.6 is 11.8 Å². The molecular formula is C26H17N3OS. The van der Waals surface area contributed by atoms with Gasteiger partial charge in [0.2, 0.25) is 5.78 Å². The molecular weight excluding hydrogens is 402 g/mol. The van der Waals surface area contributed by atoms with Crippen LogP contribution in [0.3, 0.4) is 0 Å². The zero-order valence-electron chi connectivity index (χ0n) is 16.4. The number of para-hydroxylation sites is 1. The lowest BCUT2D eigenvalue weighted by Crippen LogP contribution is -2.07. The molecule has 0 unspecified atom stereocenters. The summed E-state index contributed by atoms with van der Waals surface area (Å²) < 4.78 is 1.98. The average Bonchev–Trinajstić information content (AvgIpc) is 3.22. The monoisotopic (exact) mass is 419 g/mol. The number of pyridine rings is 1. The molecule has 0 radical (unpaired) electrons. The summed E-state index contributed by atoms with van der Waals surface area (Å²) >= 11 is 1.71. The third-order valence-electron chi connectivity index (χ3n) is 5.41. The fourth-order valence-corrected chi connectivity index (χ4v) is 4.91. The Kier molecular flexibility index (Phi) is 4.14. The molecule has 2 aromatic heterocycles. The van der Waals surface area contributed by atoms with E-state index in [9.17, 15) is 4.79 Å². The van der Waals surface area contributed by atoms with Gasteiger partial charge in [0, 0.05) is 27.1 Å². The minimum Gasteiger partial charge on any atom is -0.354 e. The standard InChI is InChI=1S/C26H17N3OS/c30-26(18-13-14-22-20(16-18)27-19-10-4-5-11-21(19)31-22)24-25(17-8-2-1-3-9-17)29-15-7-6-12-23(29)28-24/h1-16,27H. The number of carbonyl (C=O) groups excluding carboxylic acids is 1. The largest absolute Gasteiger partial charge is 0.354 e. The van der Waals surface area contributed by atoms with Gasteiger partial charge in [0.25, 0.3) is 0 Å². The number of nitrogens with one attached hydrogen (secondary N) is 1. The minimum atomic E-state index is -0.0870. The summed E-state index contributed by atoms with van der Waals surface area (Å²) in [4.78, 5) is 20.6. The van der Waals surface area contributed by atoms with Crippen molar-refractivity contribution in [2.75, 3.05) is 5.32 Å². The van der Waals surface area contributed by atoms with Crippen LogP contribution in [0.15, 0.2) is 107 Å². The predicted octanol–water partition coefficient (Wildman–Crippen LogP) is 6.44. The van der Waals surface area contributed by atoms with Gasteiger partial charge in [-0.2, -0.15) is 0 Å². The number of aromatic nitrogens is 2. The van der Waals surface area contributed by atoms with Gasteiger partial charge < -0.3 is 5.32 Å². The number of rotatable bonds is 3. The van der Waals surface area contributed by atoms with Gasteiger partial charge in [-0.15, -0.1) is 0 Å². The first-order valence-electron chi connectivity index (χ1n) is 10.0. The Bertz CT molecular complexity index is 1460. The Balaban J connectivity index is 1.46. The van der Waals surface area contributed by atoms with E-state index in [0.717, 1.165) is 33.2 Å². The fraction of sp³-hybridized carbons (Fsp3) is 0. The molecule has 3 aromatic carbocycles. The number of nitrogens with zero attached hydrogens (tertiary/aromatic N) is 2. The van der Waals surface area contributed by atoms with Crippen LogP contribution in [0.1, 0.15) is 16.1 Å². The molecule has 148 valence electrons. The second-order valence-electron chi connectivity index (χ2n) is 7.37. The van der Waals surface area contributed by atoms with Gasteiger partial charge in [-0.3, -0.25) is 9.20 Å². The highest BCUT2D eigenvalue weighted by Gasteiger charge is 2.23. The minimum absolute atomic E-state index is 0.0870. The molecule has 0 fully saturated rings. The fourth-order valence-electron chi connectivity index (χ4n) is 3.94. The number of fused-ring (bicyclic) bond motifs is 3. The summed E-state index contributed by atoms with van der Waals surface area (Å²) in [7, 11) is 0. The number of benzene rings is 3. The van der Waals surface area contributed by atoms with Crippen LogP contribution in [-0.4, -0.2) is 15.2 Å². The molecule has 0 amide bonds. The van der Waals surface area contributed by atoms with Crippen LogP contribution in [0.4, 0.5) is 11.4 Å². The third kappa shape index (κ3) is 3.02. The van der Waals surface area contributed by atoms with Crippen molar-refractivity contribution in [1.82, 2.24) is 9.38 Å². The molecule has 0 spiro atoms. The molecule has 0 bridgehead atoms. The molecule has 1 N–H and O–H groups in total. The van der Waals surface area contributed by atoms with E-state index in [1.807, 2.05) is 89.5 Å².